The average molecular weight is 743 g/mol. The number of imide groups is 2. The van der Waals surface area contributed by atoms with Gasteiger partial charge in [0.15, 0.2) is 11.5 Å². The second-order valence-corrected chi connectivity index (χ2v) is 11.8. The average Bonchev–Trinajstić information content (AvgIpc) is 2.99. The number of hydrogen-bond donors (Lipinski definition) is 1. The van der Waals surface area contributed by atoms with Crippen LogP contribution in [0.4, 0.5) is 10.5 Å². The number of halogens is 3. The van der Waals surface area contributed by atoms with Gasteiger partial charge in [-0.15, -0.1) is 0 Å². The number of rotatable bonds is 9. The van der Waals surface area contributed by atoms with Crippen molar-refractivity contribution < 1.29 is 28.6 Å². The summed E-state index contributed by atoms with van der Waals surface area (Å²) in [6.07, 6.45) is 1.42. The number of nitrogens with one attached hydrogen (secondary N) is 1. The van der Waals surface area contributed by atoms with E-state index in [1.807, 2.05) is 31.2 Å². The molecule has 1 N–H and O–H groups in total. The van der Waals surface area contributed by atoms with Crippen molar-refractivity contribution in [1.82, 2.24) is 5.32 Å². The third-order valence-electron chi connectivity index (χ3n) is 6.67. The van der Waals surface area contributed by atoms with Crippen molar-refractivity contribution in [2.45, 2.75) is 20.1 Å². The number of hydrogen-bond acceptors (Lipinski definition) is 6. The van der Waals surface area contributed by atoms with E-state index in [1.165, 1.54) is 13.2 Å². The van der Waals surface area contributed by atoms with E-state index in [2.05, 4.69) is 27.9 Å². The zero-order chi connectivity index (χ0) is 31.4. The molecule has 0 atom stereocenters. The van der Waals surface area contributed by atoms with E-state index in [1.54, 1.807) is 54.6 Å². The fourth-order valence-corrected chi connectivity index (χ4v) is 5.60. The van der Waals surface area contributed by atoms with Crippen molar-refractivity contribution in [3.63, 3.8) is 0 Å². The van der Waals surface area contributed by atoms with Crippen LogP contribution in [0.3, 0.4) is 0 Å². The number of ether oxygens (including phenoxy) is 3. The molecule has 0 bridgehead atoms. The molecule has 1 heterocycles. The molecule has 1 fully saturated rings. The summed E-state index contributed by atoms with van der Waals surface area (Å²) < 4.78 is 18.1. The molecular formula is C33H25Cl2IN2O6. The molecule has 0 unspecified atom stereocenters. The predicted octanol–water partition coefficient (Wildman–Crippen LogP) is 7.74. The third-order valence-corrected chi connectivity index (χ3v) is 8.06. The van der Waals surface area contributed by atoms with Crippen LogP contribution in [-0.4, -0.2) is 25.0 Å². The maximum atomic E-state index is 13.5. The molecule has 5 rings (SSSR count). The number of nitrogens with zero attached hydrogens (tertiary/aromatic N) is 1. The molecular weight excluding hydrogens is 718 g/mol. The van der Waals surface area contributed by atoms with Crippen LogP contribution in [0.25, 0.3) is 6.08 Å². The fourth-order valence-electron chi connectivity index (χ4n) is 4.35. The van der Waals surface area contributed by atoms with Crippen LogP contribution < -0.4 is 24.4 Å². The zero-order valence-corrected chi connectivity index (χ0v) is 27.2. The Labute approximate surface area is 277 Å². The van der Waals surface area contributed by atoms with E-state index in [0.717, 1.165) is 21.6 Å². The number of benzene rings is 4. The lowest BCUT2D eigenvalue weighted by molar-refractivity contribution is -0.122. The van der Waals surface area contributed by atoms with Crippen molar-refractivity contribution in [3.8, 4) is 17.2 Å². The first-order valence-electron chi connectivity index (χ1n) is 13.3. The van der Waals surface area contributed by atoms with Gasteiger partial charge in [0, 0.05) is 15.6 Å². The Bertz CT molecular complexity index is 1770. The topological polar surface area (TPSA) is 94.2 Å². The molecule has 8 nitrogen and oxygen atoms in total. The summed E-state index contributed by atoms with van der Waals surface area (Å²) in [7, 11) is 1.51. The predicted molar refractivity (Wildman–Crippen MR) is 177 cm³/mol. The van der Waals surface area contributed by atoms with Crippen LogP contribution in [-0.2, 0) is 22.8 Å². The minimum Gasteiger partial charge on any atom is -0.493 e. The number of anilines is 1. The molecule has 224 valence electrons. The summed E-state index contributed by atoms with van der Waals surface area (Å²) in [6, 6.07) is 22.0. The third kappa shape index (κ3) is 7.18. The van der Waals surface area contributed by atoms with Crippen molar-refractivity contribution in [2.24, 2.45) is 0 Å². The summed E-state index contributed by atoms with van der Waals surface area (Å²) >= 11 is 14.3. The van der Waals surface area contributed by atoms with E-state index in [-0.39, 0.29) is 17.9 Å². The van der Waals surface area contributed by atoms with Gasteiger partial charge in [0.1, 0.15) is 24.5 Å². The molecule has 0 saturated carbocycles. The largest absolute Gasteiger partial charge is 0.493 e. The Morgan fingerprint density at radius 3 is 2.30 bits per heavy atom. The fraction of sp³-hybridized carbons (Fsp3) is 0.121. The van der Waals surface area contributed by atoms with Gasteiger partial charge in [-0.2, -0.15) is 0 Å². The van der Waals surface area contributed by atoms with Gasteiger partial charge < -0.3 is 14.2 Å². The van der Waals surface area contributed by atoms with Gasteiger partial charge >= 0.3 is 6.03 Å². The van der Waals surface area contributed by atoms with Crippen LogP contribution in [0.5, 0.6) is 17.2 Å². The molecule has 0 radical (unpaired) electrons. The Kier molecular flexibility index (Phi) is 9.77. The van der Waals surface area contributed by atoms with Gasteiger partial charge in [-0.05, 0) is 95.2 Å². The van der Waals surface area contributed by atoms with E-state index in [4.69, 9.17) is 37.4 Å². The van der Waals surface area contributed by atoms with Crippen LogP contribution >= 0.6 is 45.8 Å². The summed E-state index contributed by atoms with van der Waals surface area (Å²) in [4.78, 5) is 39.9. The van der Waals surface area contributed by atoms with Crippen molar-refractivity contribution >= 4 is 75.4 Å². The molecule has 4 amide bonds. The first-order valence-corrected chi connectivity index (χ1v) is 15.1. The standard InChI is InChI=1S/C33H25Cl2IN2O6/c1-19-3-5-20(6-4-19)17-44-30-28(36)14-21(15-29(30)42-2)13-26-31(39)37-33(41)38(32(26)40)24-9-11-25(12-10-24)43-18-22-7-8-23(34)16-27(22)35/h3-16H,17-18H2,1-2H3,(H,37,39,41)/b26-13+. The van der Waals surface area contributed by atoms with Crippen LogP contribution in [0.15, 0.2) is 84.4 Å². The highest BCUT2D eigenvalue weighted by Gasteiger charge is 2.37. The monoisotopic (exact) mass is 742 g/mol. The quantitative estimate of drug-likeness (QED) is 0.107. The number of carbonyl (C=O) groups excluding carboxylic acids is 3. The van der Waals surface area contributed by atoms with Crippen molar-refractivity contribution in [2.75, 3.05) is 12.0 Å². The molecule has 11 heteroatoms. The Balaban J connectivity index is 1.33. The molecule has 4 aromatic carbocycles. The maximum absolute atomic E-state index is 13.5. The molecule has 0 aliphatic carbocycles. The summed E-state index contributed by atoms with van der Waals surface area (Å²) in [5.41, 5.74) is 3.46. The maximum Gasteiger partial charge on any atom is 0.335 e. The van der Waals surface area contributed by atoms with Gasteiger partial charge in [0.25, 0.3) is 11.8 Å². The van der Waals surface area contributed by atoms with E-state index < -0.39 is 17.8 Å². The van der Waals surface area contributed by atoms with Crippen molar-refractivity contribution in [3.05, 3.63) is 120 Å². The molecule has 0 spiro atoms. The Hall–Kier alpha value is -4.06. The van der Waals surface area contributed by atoms with Crippen LogP contribution in [0.1, 0.15) is 22.3 Å². The second-order valence-electron chi connectivity index (χ2n) is 9.78. The highest BCUT2D eigenvalue weighted by Crippen LogP contribution is 2.36. The minimum atomic E-state index is -0.856. The number of barbiturate groups is 1. The summed E-state index contributed by atoms with van der Waals surface area (Å²) in [5.74, 6) is -0.114. The molecule has 1 aliphatic heterocycles. The highest BCUT2D eigenvalue weighted by atomic mass is 127. The highest BCUT2D eigenvalue weighted by molar-refractivity contribution is 14.1. The molecule has 1 saturated heterocycles. The van der Waals surface area contributed by atoms with E-state index in [0.29, 0.717) is 43.0 Å². The molecule has 0 aromatic heterocycles. The lowest BCUT2D eigenvalue weighted by Gasteiger charge is -2.26. The summed E-state index contributed by atoms with van der Waals surface area (Å²) in [5, 5.41) is 3.24. The van der Waals surface area contributed by atoms with Gasteiger partial charge in [-0.1, -0.05) is 59.1 Å². The first kappa shape index (κ1) is 31.4. The van der Waals surface area contributed by atoms with E-state index in [9.17, 15) is 14.4 Å². The SMILES string of the molecule is COc1cc(/C=C2\C(=O)NC(=O)N(c3ccc(OCc4ccc(Cl)cc4Cl)cc3)C2=O)cc(I)c1OCc1ccc(C)cc1. The van der Waals surface area contributed by atoms with Gasteiger partial charge in [-0.25, -0.2) is 9.69 Å². The van der Waals surface area contributed by atoms with Gasteiger partial charge in [0.2, 0.25) is 0 Å². The van der Waals surface area contributed by atoms with Gasteiger partial charge in [-0.3, -0.25) is 14.9 Å². The molecule has 4 aromatic rings. The zero-order valence-electron chi connectivity index (χ0n) is 23.5. The lowest BCUT2D eigenvalue weighted by atomic mass is 10.1. The van der Waals surface area contributed by atoms with Gasteiger partial charge in [0.05, 0.1) is 16.4 Å². The van der Waals surface area contributed by atoms with E-state index >= 15 is 0 Å². The number of carbonyl (C=O) groups is 3. The Morgan fingerprint density at radius 2 is 1.61 bits per heavy atom. The van der Waals surface area contributed by atoms with Crippen LogP contribution in [0.2, 0.25) is 10.0 Å². The molecule has 1 aliphatic rings. The number of amides is 4. The number of aryl methyl sites for hydroxylation is 1. The number of urea groups is 1. The summed E-state index contributed by atoms with van der Waals surface area (Å²) in [6.45, 7) is 2.55. The normalized spacial score (nSPS) is 14.1. The minimum absolute atomic E-state index is 0.192. The van der Waals surface area contributed by atoms with Crippen molar-refractivity contribution in [1.29, 1.82) is 0 Å². The second kappa shape index (κ2) is 13.7. The number of methoxy groups -OCH3 is 1. The van der Waals surface area contributed by atoms with Crippen LogP contribution in [0, 0.1) is 10.5 Å². The Morgan fingerprint density at radius 1 is 0.886 bits per heavy atom. The molecule has 44 heavy (non-hydrogen) atoms. The smallest absolute Gasteiger partial charge is 0.335 e. The lowest BCUT2D eigenvalue weighted by Crippen LogP contribution is -2.54. The first-order chi connectivity index (χ1) is 21.1.